The van der Waals surface area contributed by atoms with Gasteiger partial charge in [0.05, 0.1) is 17.5 Å². The van der Waals surface area contributed by atoms with Crippen molar-refractivity contribution in [2.24, 2.45) is 0 Å². The van der Waals surface area contributed by atoms with Crippen LogP contribution in [0.2, 0.25) is 10.2 Å². The van der Waals surface area contributed by atoms with Gasteiger partial charge in [-0.1, -0.05) is 35.3 Å². The Morgan fingerprint density at radius 1 is 1.32 bits per heavy atom. The summed E-state index contributed by atoms with van der Waals surface area (Å²) in [5, 5.41) is 26.9. The molecule has 4 atom stereocenters. The summed E-state index contributed by atoms with van der Waals surface area (Å²) < 4.78 is 14.9. The number of halogens is 3. The number of rotatable bonds is 3. The lowest BCUT2D eigenvalue weighted by atomic mass is 9.74. The molecule has 0 unspecified atom stereocenters. The number of aliphatic hydroxyl groups excluding tert-OH is 1. The molecule has 2 aromatic rings. The molecule has 28 heavy (non-hydrogen) atoms. The number of carbonyl (C=O) groups excluding carboxylic acids is 1. The van der Waals surface area contributed by atoms with Crippen molar-refractivity contribution in [1.82, 2.24) is 10.3 Å². The average molecular weight is 427 g/mol. The second-order valence-electron chi connectivity index (χ2n) is 6.62. The van der Waals surface area contributed by atoms with E-state index in [1.165, 1.54) is 30.3 Å². The largest absolute Gasteiger partial charge is 0.394 e. The molecule has 1 aromatic carbocycles. The highest BCUT2D eigenvalue weighted by Gasteiger charge is 2.67. The van der Waals surface area contributed by atoms with Crippen molar-refractivity contribution in [3.63, 3.8) is 0 Å². The van der Waals surface area contributed by atoms with Gasteiger partial charge in [0.2, 0.25) is 6.04 Å². The highest BCUT2D eigenvalue weighted by Crippen LogP contribution is 2.52. The third-order valence-corrected chi connectivity index (χ3v) is 5.77. The van der Waals surface area contributed by atoms with Gasteiger partial charge in [-0.05, 0) is 18.2 Å². The molecule has 0 aliphatic carbocycles. The topological polar surface area (TPSA) is 117 Å². The molecule has 3 N–H and O–H groups in total. The number of aromatic nitrogens is 1. The smallest absolute Gasteiger partial charge is 0.251 e. The molecule has 1 saturated heterocycles. The van der Waals surface area contributed by atoms with Crippen LogP contribution in [0.3, 0.4) is 0 Å². The normalized spacial score (nSPS) is 28.4. The van der Waals surface area contributed by atoms with E-state index in [9.17, 15) is 24.4 Å². The molecule has 0 bridgehead atoms. The van der Waals surface area contributed by atoms with Crippen LogP contribution < -0.4 is 10.6 Å². The maximum atomic E-state index is 14.9. The first kappa shape index (κ1) is 19.0. The third-order valence-electron chi connectivity index (χ3n) is 5.27. The van der Waals surface area contributed by atoms with Crippen molar-refractivity contribution in [3.8, 4) is 0 Å². The summed E-state index contributed by atoms with van der Waals surface area (Å²) in [4.78, 5) is 28.4. The Morgan fingerprint density at radius 2 is 2.07 bits per heavy atom. The Balaban J connectivity index is 2.02. The number of anilines is 1. The van der Waals surface area contributed by atoms with Crippen LogP contribution in [0.1, 0.15) is 17.0 Å². The number of nitro groups is 1. The SMILES string of the molecule is O=C1Nc2nc(Cl)ccc2[C@]12N[C@@H](CO)[C@@H]([N+](=O)[O-])[C@@H]2c1cccc(Cl)c1F. The Labute approximate surface area is 167 Å². The van der Waals surface area contributed by atoms with Crippen LogP contribution in [0.4, 0.5) is 10.2 Å². The summed E-state index contributed by atoms with van der Waals surface area (Å²) in [5.74, 6) is -2.67. The lowest BCUT2D eigenvalue weighted by molar-refractivity contribution is -0.527. The van der Waals surface area contributed by atoms with Crippen LogP contribution in [0.5, 0.6) is 0 Å². The third kappa shape index (κ3) is 2.51. The highest BCUT2D eigenvalue weighted by molar-refractivity contribution is 6.30. The second kappa shape index (κ2) is 6.63. The molecule has 11 heteroatoms. The molecule has 8 nitrogen and oxygen atoms in total. The van der Waals surface area contributed by atoms with E-state index in [1.54, 1.807) is 0 Å². The van der Waals surface area contributed by atoms with Gasteiger partial charge in [0.1, 0.15) is 28.4 Å². The van der Waals surface area contributed by atoms with Gasteiger partial charge in [0.25, 0.3) is 5.91 Å². The number of nitrogens with one attached hydrogen (secondary N) is 2. The van der Waals surface area contributed by atoms with E-state index in [0.29, 0.717) is 0 Å². The van der Waals surface area contributed by atoms with Gasteiger partial charge in [-0.2, -0.15) is 0 Å². The van der Waals surface area contributed by atoms with Gasteiger partial charge < -0.3 is 10.4 Å². The lowest BCUT2D eigenvalue weighted by Gasteiger charge is -2.29. The quantitative estimate of drug-likeness (QED) is 0.392. The summed E-state index contributed by atoms with van der Waals surface area (Å²) >= 11 is 11.8. The van der Waals surface area contributed by atoms with Crippen molar-refractivity contribution in [1.29, 1.82) is 0 Å². The van der Waals surface area contributed by atoms with E-state index in [1.807, 2.05) is 0 Å². The summed E-state index contributed by atoms with van der Waals surface area (Å²) in [6.45, 7) is -0.629. The van der Waals surface area contributed by atoms with Crippen LogP contribution >= 0.6 is 23.2 Å². The van der Waals surface area contributed by atoms with E-state index in [-0.39, 0.29) is 27.1 Å². The standard InChI is InChI=1S/C17H13Cl2FN4O4/c18-9-3-1-2-7(13(9)20)12-14(24(27)28)10(6-25)23-17(12)8-4-5-11(19)21-15(8)22-16(17)26/h1-5,10,12,14,23,25H,6H2,(H,21,22,26)/t10-,12-,14+,17+/m0/s1. The maximum absolute atomic E-state index is 14.9. The van der Waals surface area contributed by atoms with E-state index >= 15 is 0 Å². The van der Waals surface area contributed by atoms with E-state index in [2.05, 4.69) is 15.6 Å². The van der Waals surface area contributed by atoms with Gasteiger partial charge in [0, 0.05) is 16.1 Å². The lowest BCUT2D eigenvalue weighted by Crippen LogP contribution is -2.49. The minimum Gasteiger partial charge on any atom is -0.394 e. The molecule has 146 valence electrons. The minimum atomic E-state index is -1.72. The Hall–Kier alpha value is -2.33. The predicted octanol–water partition coefficient (Wildman–Crippen LogP) is 2.07. The monoisotopic (exact) mass is 426 g/mol. The van der Waals surface area contributed by atoms with Crippen molar-refractivity contribution in [3.05, 3.63) is 67.6 Å². The van der Waals surface area contributed by atoms with Crippen LogP contribution in [0, 0.1) is 15.9 Å². The zero-order valence-electron chi connectivity index (χ0n) is 14.0. The molecule has 1 amide bonds. The fourth-order valence-corrected chi connectivity index (χ4v) is 4.51. The number of amides is 1. The van der Waals surface area contributed by atoms with Crippen molar-refractivity contribution >= 4 is 34.9 Å². The summed E-state index contributed by atoms with van der Waals surface area (Å²) in [5.41, 5.74) is -1.53. The number of hydrogen-bond donors (Lipinski definition) is 3. The molecule has 3 heterocycles. The van der Waals surface area contributed by atoms with Crippen LogP contribution in [0.15, 0.2) is 30.3 Å². The summed E-state index contributed by atoms with van der Waals surface area (Å²) in [7, 11) is 0. The van der Waals surface area contributed by atoms with E-state index < -0.39 is 46.8 Å². The first-order chi connectivity index (χ1) is 13.3. The van der Waals surface area contributed by atoms with Crippen LogP contribution in [-0.2, 0) is 10.3 Å². The molecule has 1 fully saturated rings. The van der Waals surface area contributed by atoms with Crippen molar-refractivity contribution in [2.75, 3.05) is 11.9 Å². The number of aliphatic hydroxyl groups is 1. The molecular formula is C17H13Cl2FN4O4. The van der Waals surface area contributed by atoms with Crippen LogP contribution in [0.25, 0.3) is 0 Å². The van der Waals surface area contributed by atoms with Crippen LogP contribution in [-0.4, -0.2) is 39.6 Å². The molecule has 2 aliphatic heterocycles. The highest BCUT2D eigenvalue weighted by atomic mass is 35.5. The average Bonchev–Trinajstić information content (AvgIpc) is 3.13. The first-order valence-electron chi connectivity index (χ1n) is 8.25. The predicted molar refractivity (Wildman–Crippen MR) is 98.5 cm³/mol. The molecule has 1 spiro atoms. The van der Waals surface area contributed by atoms with E-state index in [4.69, 9.17) is 23.2 Å². The Kier molecular flexibility index (Phi) is 4.50. The number of pyridine rings is 1. The molecule has 2 aliphatic rings. The molecule has 4 rings (SSSR count). The number of fused-ring (bicyclic) bond motifs is 2. The van der Waals surface area contributed by atoms with Gasteiger partial charge in [-0.15, -0.1) is 0 Å². The molecule has 0 radical (unpaired) electrons. The maximum Gasteiger partial charge on any atom is 0.251 e. The van der Waals surface area contributed by atoms with E-state index in [0.717, 1.165) is 0 Å². The molecular weight excluding hydrogens is 414 g/mol. The van der Waals surface area contributed by atoms with Gasteiger partial charge in [0.15, 0.2) is 0 Å². The summed E-state index contributed by atoms with van der Waals surface area (Å²) in [6.07, 6.45) is 0. The molecule has 0 saturated carbocycles. The number of hydrogen-bond acceptors (Lipinski definition) is 6. The number of nitrogens with zero attached hydrogens (tertiary/aromatic N) is 2. The van der Waals surface area contributed by atoms with Gasteiger partial charge in [-0.3, -0.25) is 20.2 Å². The minimum absolute atomic E-state index is 0.101. The Morgan fingerprint density at radius 3 is 2.75 bits per heavy atom. The van der Waals surface area contributed by atoms with Gasteiger partial charge >= 0.3 is 0 Å². The van der Waals surface area contributed by atoms with Gasteiger partial charge in [-0.25, -0.2) is 9.37 Å². The Bertz CT molecular complexity index is 1010. The number of carbonyl (C=O) groups is 1. The molecule has 1 aromatic heterocycles. The fraction of sp³-hybridized carbons (Fsp3) is 0.294. The second-order valence-corrected chi connectivity index (χ2v) is 7.42. The zero-order valence-corrected chi connectivity index (χ0v) is 15.5. The zero-order chi connectivity index (χ0) is 20.2. The summed E-state index contributed by atoms with van der Waals surface area (Å²) in [6, 6.07) is 4.44. The fourth-order valence-electron chi connectivity index (χ4n) is 4.19. The van der Waals surface area contributed by atoms with Crippen molar-refractivity contribution in [2.45, 2.75) is 23.5 Å². The van der Waals surface area contributed by atoms with Crippen molar-refractivity contribution < 1.29 is 19.2 Å². The number of benzene rings is 1. The first-order valence-corrected chi connectivity index (χ1v) is 9.01.